The number of rotatable bonds is 3. The standard InChI is InChI=1S/C15H13N3O2/c1-10-6-11-8-17-18-14(11)13(7-10)15(19)20-9-12-4-2-3-5-16-12/h2-8H,9H2,1H3,(H,17,18). The molecule has 0 saturated heterocycles. The van der Waals surface area contributed by atoms with Crippen LogP contribution in [0, 0.1) is 6.92 Å². The number of carbonyl (C=O) groups excluding carboxylic acids is 1. The van der Waals surface area contributed by atoms with Crippen LogP contribution < -0.4 is 0 Å². The minimum Gasteiger partial charge on any atom is -0.456 e. The third-order valence-corrected chi connectivity index (χ3v) is 2.99. The van der Waals surface area contributed by atoms with Crippen molar-refractivity contribution in [2.45, 2.75) is 13.5 Å². The highest BCUT2D eigenvalue weighted by Crippen LogP contribution is 2.19. The van der Waals surface area contributed by atoms with Crippen molar-refractivity contribution in [3.8, 4) is 0 Å². The first-order valence-electron chi connectivity index (χ1n) is 6.25. The fourth-order valence-corrected chi connectivity index (χ4v) is 2.07. The summed E-state index contributed by atoms with van der Waals surface area (Å²) in [6.07, 6.45) is 3.36. The minimum absolute atomic E-state index is 0.156. The summed E-state index contributed by atoms with van der Waals surface area (Å²) in [7, 11) is 0. The molecule has 100 valence electrons. The Labute approximate surface area is 115 Å². The predicted molar refractivity (Wildman–Crippen MR) is 74.2 cm³/mol. The quantitative estimate of drug-likeness (QED) is 0.741. The molecule has 0 aliphatic carbocycles. The lowest BCUT2D eigenvalue weighted by Crippen LogP contribution is -2.07. The van der Waals surface area contributed by atoms with Gasteiger partial charge < -0.3 is 4.74 Å². The van der Waals surface area contributed by atoms with Crippen LogP contribution in [0.5, 0.6) is 0 Å². The number of aromatic nitrogens is 3. The zero-order valence-corrected chi connectivity index (χ0v) is 11.0. The average molecular weight is 267 g/mol. The summed E-state index contributed by atoms with van der Waals surface area (Å²) in [6, 6.07) is 9.25. The Hall–Kier alpha value is -2.69. The third-order valence-electron chi connectivity index (χ3n) is 2.99. The van der Waals surface area contributed by atoms with E-state index in [4.69, 9.17) is 4.74 Å². The van der Waals surface area contributed by atoms with E-state index < -0.39 is 0 Å². The summed E-state index contributed by atoms with van der Waals surface area (Å²) in [6.45, 7) is 2.09. The van der Waals surface area contributed by atoms with Crippen molar-refractivity contribution in [3.05, 3.63) is 59.5 Å². The summed E-state index contributed by atoms with van der Waals surface area (Å²) in [4.78, 5) is 16.3. The van der Waals surface area contributed by atoms with Crippen molar-refractivity contribution >= 4 is 16.9 Å². The number of nitrogens with zero attached hydrogens (tertiary/aromatic N) is 2. The van der Waals surface area contributed by atoms with E-state index in [1.165, 1.54) is 0 Å². The number of aryl methyl sites for hydroxylation is 1. The van der Waals surface area contributed by atoms with Crippen LogP contribution in [0.1, 0.15) is 21.6 Å². The number of esters is 1. The van der Waals surface area contributed by atoms with Crippen LogP contribution in [0.15, 0.2) is 42.7 Å². The normalized spacial score (nSPS) is 10.7. The largest absolute Gasteiger partial charge is 0.456 e. The molecule has 3 aromatic rings. The van der Waals surface area contributed by atoms with Gasteiger partial charge in [-0.15, -0.1) is 0 Å². The molecule has 1 aromatic carbocycles. The van der Waals surface area contributed by atoms with E-state index in [1.807, 2.05) is 31.2 Å². The number of hydrogen-bond acceptors (Lipinski definition) is 4. The second kappa shape index (κ2) is 5.13. The molecule has 0 radical (unpaired) electrons. The molecule has 2 heterocycles. The maximum Gasteiger partial charge on any atom is 0.340 e. The smallest absolute Gasteiger partial charge is 0.340 e. The van der Waals surface area contributed by atoms with Crippen LogP contribution in [0.25, 0.3) is 10.9 Å². The van der Waals surface area contributed by atoms with Gasteiger partial charge in [-0.1, -0.05) is 6.07 Å². The lowest BCUT2D eigenvalue weighted by molar-refractivity contribution is 0.0470. The van der Waals surface area contributed by atoms with E-state index >= 15 is 0 Å². The maximum absolute atomic E-state index is 12.2. The topological polar surface area (TPSA) is 67.9 Å². The van der Waals surface area contributed by atoms with Gasteiger partial charge in [0.25, 0.3) is 0 Å². The Morgan fingerprint density at radius 2 is 2.25 bits per heavy atom. The third kappa shape index (κ3) is 2.38. The van der Waals surface area contributed by atoms with Crippen LogP contribution in [0.4, 0.5) is 0 Å². The highest BCUT2D eigenvalue weighted by atomic mass is 16.5. The van der Waals surface area contributed by atoms with Gasteiger partial charge in [0.05, 0.1) is 23.0 Å². The molecule has 5 nitrogen and oxygen atoms in total. The zero-order valence-electron chi connectivity index (χ0n) is 11.0. The maximum atomic E-state index is 12.2. The molecule has 0 unspecified atom stereocenters. The first-order chi connectivity index (χ1) is 9.74. The van der Waals surface area contributed by atoms with Gasteiger partial charge in [-0.25, -0.2) is 4.79 Å². The Morgan fingerprint density at radius 3 is 3.05 bits per heavy atom. The van der Waals surface area contributed by atoms with Crippen LogP contribution in [0.3, 0.4) is 0 Å². The summed E-state index contributed by atoms with van der Waals surface area (Å²) >= 11 is 0. The minimum atomic E-state index is -0.381. The van der Waals surface area contributed by atoms with Gasteiger partial charge in [0.1, 0.15) is 6.61 Å². The molecule has 0 amide bonds. The number of ether oxygens (including phenoxy) is 1. The number of nitrogens with one attached hydrogen (secondary N) is 1. The molecule has 20 heavy (non-hydrogen) atoms. The van der Waals surface area contributed by atoms with Gasteiger partial charge in [-0.05, 0) is 36.8 Å². The Balaban J connectivity index is 1.84. The van der Waals surface area contributed by atoms with Crippen LogP contribution >= 0.6 is 0 Å². The zero-order chi connectivity index (χ0) is 13.9. The lowest BCUT2D eigenvalue weighted by atomic mass is 10.1. The molecule has 0 saturated carbocycles. The molecule has 5 heteroatoms. The molecule has 0 spiro atoms. The van der Waals surface area contributed by atoms with Gasteiger partial charge >= 0.3 is 5.97 Å². The van der Waals surface area contributed by atoms with Gasteiger partial charge in [0, 0.05) is 11.6 Å². The van der Waals surface area contributed by atoms with Crippen molar-refractivity contribution in [2.75, 3.05) is 0 Å². The summed E-state index contributed by atoms with van der Waals surface area (Å²) < 4.78 is 5.30. The van der Waals surface area contributed by atoms with E-state index in [9.17, 15) is 4.79 Å². The Kier molecular flexibility index (Phi) is 3.16. The fourth-order valence-electron chi connectivity index (χ4n) is 2.07. The van der Waals surface area contributed by atoms with Crippen molar-refractivity contribution in [1.82, 2.24) is 15.2 Å². The summed E-state index contributed by atoms with van der Waals surface area (Å²) in [5.74, 6) is -0.381. The van der Waals surface area contributed by atoms with Crippen molar-refractivity contribution in [3.63, 3.8) is 0 Å². The average Bonchev–Trinajstić information content (AvgIpc) is 2.93. The van der Waals surface area contributed by atoms with E-state index in [2.05, 4.69) is 15.2 Å². The molecule has 0 aliphatic rings. The fraction of sp³-hybridized carbons (Fsp3) is 0.133. The van der Waals surface area contributed by atoms with Gasteiger partial charge in [-0.2, -0.15) is 5.10 Å². The SMILES string of the molecule is Cc1cc(C(=O)OCc2ccccn2)c2[nH]ncc2c1. The second-order valence-corrected chi connectivity index (χ2v) is 4.54. The molecule has 0 atom stereocenters. The number of aromatic amines is 1. The van der Waals surface area contributed by atoms with Crippen LogP contribution in [0.2, 0.25) is 0 Å². The van der Waals surface area contributed by atoms with E-state index in [1.54, 1.807) is 18.5 Å². The van der Waals surface area contributed by atoms with Crippen molar-refractivity contribution < 1.29 is 9.53 Å². The lowest BCUT2D eigenvalue weighted by Gasteiger charge is -2.06. The number of fused-ring (bicyclic) bond motifs is 1. The van der Waals surface area contributed by atoms with Crippen molar-refractivity contribution in [1.29, 1.82) is 0 Å². The van der Waals surface area contributed by atoms with Crippen LogP contribution in [-0.4, -0.2) is 21.2 Å². The molecule has 0 bridgehead atoms. The van der Waals surface area contributed by atoms with Gasteiger partial charge in [0.2, 0.25) is 0 Å². The number of H-pyrrole nitrogens is 1. The second-order valence-electron chi connectivity index (χ2n) is 4.54. The summed E-state index contributed by atoms with van der Waals surface area (Å²) in [5, 5.41) is 7.68. The number of carbonyl (C=O) groups is 1. The molecular weight excluding hydrogens is 254 g/mol. The van der Waals surface area contributed by atoms with E-state index in [-0.39, 0.29) is 12.6 Å². The van der Waals surface area contributed by atoms with E-state index in [0.29, 0.717) is 16.8 Å². The van der Waals surface area contributed by atoms with Crippen molar-refractivity contribution in [2.24, 2.45) is 0 Å². The predicted octanol–water partition coefficient (Wildman–Crippen LogP) is 2.62. The first kappa shape index (κ1) is 12.3. The summed E-state index contributed by atoms with van der Waals surface area (Å²) in [5.41, 5.74) is 2.90. The molecule has 2 aromatic heterocycles. The highest BCUT2D eigenvalue weighted by molar-refractivity contribution is 6.02. The van der Waals surface area contributed by atoms with E-state index in [0.717, 1.165) is 10.9 Å². The first-order valence-corrected chi connectivity index (χ1v) is 6.25. The molecule has 1 N–H and O–H groups in total. The Bertz CT molecular complexity index is 750. The highest BCUT2D eigenvalue weighted by Gasteiger charge is 2.14. The molecule has 0 aliphatic heterocycles. The molecule has 0 fully saturated rings. The molecule has 3 rings (SSSR count). The van der Waals surface area contributed by atoms with Crippen LogP contribution in [-0.2, 0) is 11.3 Å². The number of benzene rings is 1. The number of pyridine rings is 1. The Morgan fingerprint density at radius 1 is 1.35 bits per heavy atom. The van der Waals surface area contributed by atoms with Gasteiger partial charge in [-0.3, -0.25) is 10.1 Å². The molecular formula is C15H13N3O2. The monoisotopic (exact) mass is 267 g/mol. The van der Waals surface area contributed by atoms with Gasteiger partial charge in [0.15, 0.2) is 0 Å². The number of hydrogen-bond donors (Lipinski definition) is 1.